The van der Waals surface area contributed by atoms with E-state index >= 15 is 0 Å². The highest BCUT2D eigenvalue weighted by Gasteiger charge is 2.27. The van der Waals surface area contributed by atoms with Gasteiger partial charge in [0, 0.05) is 31.1 Å². The molecule has 27 heavy (non-hydrogen) atoms. The minimum atomic E-state index is -0.562. The molecule has 1 saturated heterocycles. The number of primary amides is 1. The molecular formula is C21H25N3O3. The molecule has 0 aliphatic carbocycles. The van der Waals surface area contributed by atoms with E-state index in [9.17, 15) is 9.59 Å². The maximum Gasteiger partial charge on any atom is 0.312 e. The maximum absolute atomic E-state index is 12.7. The van der Waals surface area contributed by atoms with E-state index in [0.29, 0.717) is 31.2 Å². The average molecular weight is 367 g/mol. The van der Waals surface area contributed by atoms with Gasteiger partial charge in [0.2, 0.25) is 0 Å². The van der Waals surface area contributed by atoms with E-state index in [1.807, 2.05) is 47.4 Å². The van der Waals surface area contributed by atoms with Crippen LogP contribution < -0.4 is 11.1 Å². The number of nitrogens with zero attached hydrogens (tertiary/aromatic N) is 1. The summed E-state index contributed by atoms with van der Waals surface area (Å²) in [6.07, 6.45) is 0.959. The van der Waals surface area contributed by atoms with Gasteiger partial charge in [-0.15, -0.1) is 0 Å². The first-order valence-corrected chi connectivity index (χ1v) is 9.15. The van der Waals surface area contributed by atoms with Crippen molar-refractivity contribution in [2.24, 2.45) is 11.7 Å². The molecule has 1 aliphatic rings. The van der Waals surface area contributed by atoms with Crippen molar-refractivity contribution < 1.29 is 14.3 Å². The van der Waals surface area contributed by atoms with Crippen LogP contribution >= 0.6 is 0 Å². The predicted octanol–water partition coefficient (Wildman–Crippen LogP) is 2.53. The number of carbonyl (C=O) groups is 2. The van der Waals surface area contributed by atoms with Gasteiger partial charge in [-0.1, -0.05) is 42.5 Å². The number of ether oxygens (including phenoxy) is 1. The van der Waals surface area contributed by atoms with Crippen molar-refractivity contribution in [3.8, 4) is 0 Å². The zero-order valence-electron chi connectivity index (χ0n) is 15.3. The molecule has 1 unspecified atom stereocenters. The third kappa shape index (κ3) is 5.56. The van der Waals surface area contributed by atoms with Gasteiger partial charge in [-0.2, -0.15) is 0 Å². The molecule has 6 heteroatoms. The summed E-state index contributed by atoms with van der Waals surface area (Å²) in [5.41, 5.74) is 7.78. The third-order valence-electron chi connectivity index (χ3n) is 4.71. The summed E-state index contributed by atoms with van der Waals surface area (Å²) in [5.74, 6) is 0.409. The molecule has 0 radical (unpaired) electrons. The first-order valence-electron chi connectivity index (χ1n) is 9.15. The van der Waals surface area contributed by atoms with E-state index in [1.165, 1.54) is 0 Å². The molecule has 0 spiro atoms. The van der Waals surface area contributed by atoms with Gasteiger partial charge in [-0.25, -0.2) is 4.79 Å². The maximum atomic E-state index is 12.7. The van der Waals surface area contributed by atoms with Crippen molar-refractivity contribution >= 4 is 11.9 Å². The highest BCUT2D eigenvalue weighted by molar-refractivity contribution is 5.94. The molecule has 0 saturated carbocycles. The van der Waals surface area contributed by atoms with Crippen LogP contribution in [0.15, 0.2) is 54.6 Å². The lowest BCUT2D eigenvalue weighted by atomic mass is 10.1. The molecule has 142 valence electrons. The Morgan fingerprint density at radius 1 is 1.07 bits per heavy atom. The lowest BCUT2D eigenvalue weighted by Crippen LogP contribution is -2.29. The third-order valence-corrected chi connectivity index (χ3v) is 4.71. The van der Waals surface area contributed by atoms with E-state index in [0.717, 1.165) is 30.6 Å². The second-order valence-electron chi connectivity index (χ2n) is 6.82. The molecule has 1 aliphatic heterocycles. The lowest BCUT2D eigenvalue weighted by molar-refractivity contribution is 0.0733. The minimum absolute atomic E-state index is 0.0370. The Balaban J connectivity index is 1.45. The minimum Gasteiger partial charge on any atom is -0.376 e. The average Bonchev–Trinajstić information content (AvgIpc) is 3.16. The first kappa shape index (κ1) is 18.9. The second-order valence-corrected chi connectivity index (χ2v) is 6.82. The van der Waals surface area contributed by atoms with Crippen LogP contribution in [0.4, 0.5) is 4.79 Å². The molecule has 0 bridgehead atoms. The van der Waals surface area contributed by atoms with E-state index in [1.54, 1.807) is 12.1 Å². The quantitative estimate of drug-likeness (QED) is 0.789. The van der Waals surface area contributed by atoms with Gasteiger partial charge in [0.15, 0.2) is 0 Å². The zero-order chi connectivity index (χ0) is 19.1. The van der Waals surface area contributed by atoms with Crippen molar-refractivity contribution in [1.29, 1.82) is 0 Å². The van der Waals surface area contributed by atoms with E-state index in [-0.39, 0.29) is 5.91 Å². The fraction of sp³-hybridized carbons (Fsp3) is 0.333. The number of carbonyl (C=O) groups excluding carboxylic acids is 2. The Labute approximate surface area is 159 Å². The summed E-state index contributed by atoms with van der Waals surface area (Å²) in [6, 6.07) is 16.8. The number of hydrogen-bond donors (Lipinski definition) is 2. The summed E-state index contributed by atoms with van der Waals surface area (Å²) in [6.45, 7) is 3.10. The highest BCUT2D eigenvalue weighted by Crippen LogP contribution is 2.20. The van der Waals surface area contributed by atoms with E-state index in [2.05, 4.69) is 5.32 Å². The Bertz CT molecular complexity index is 762. The number of nitrogens with two attached hydrogens (primary N) is 1. The van der Waals surface area contributed by atoms with Crippen LogP contribution in [0, 0.1) is 5.92 Å². The molecule has 0 aromatic heterocycles. The molecule has 2 aromatic rings. The number of rotatable bonds is 7. The standard InChI is InChI=1S/C21H25N3O3/c22-21(26)23-12-16-6-8-19(9-7-16)20(25)24-11-10-18(13-24)15-27-14-17-4-2-1-3-5-17/h1-9,18H,10-15H2,(H3,22,23,26). The van der Waals surface area contributed by atoms with Gasteiger partial charge in [-0.3, -0.25) is 4.79 Å². The Morgan fingerprint density at radius 3 is 2.52 bits per heavy atom. The summed E-state index contributed by atoms with van der Waals surface area (Å²) < 4.78 is 5.82. The van der Waals surface area contributed by atoms with Gasteiger partial charge in [0.1, 0.15) is 0 Å². The number of hydrogen-bond acceptors (Lipinski definition) is 3. The van der Waals surface area contributed by atoms with Crippen molar-refractivity contribution in [3.05, 3.63) is 71.3 Å². The van der Waals surface area contributed by atoms with E-state index in [4.69, 9.17) is 10.5 Å². The van der Waals surface area contributed by atoms with Crippen LogP contribution in [0.5, 0.6) is 0 Å². The van der Waals surface area contributed by atoms with Crippen molar-refractivity contribution in [1.82, 2.24) is 10.2 Å². The summed E-state index contributed by atoms with van der Waals surface area (Å²) in [7, 11) is 0. The lowest BCUT2D eigenvalue weighted by Gasteiger charge is -2.17. The van der Waals surface area contributed by atoms with Gasteiger partial charge in [0.05, 0.1) is 13.2 Å². The molecular weight excluding hydrogens is 342 g/mol. The molecule has 1 fully saturated rings. The van der Waals surface area contributed by atoms with Gasteiger partial charge in [0.25, 0.3) is 5.91 Å². The Morgan fingerprint density at radius 2 is 1.81 bits per heavy atom. The summed E-state index contributed by atoms with van der Waals surface area (Å²) in [5, 5.41) is 2.53. The summed E-state index contributed by atoms with van der Waals surface area (Å²) in [4.78, 5) is 25.3. The van der Waals surface area contributed by atoms with Gasteiger partial charge in [-0.05, 0) is 29.7 Å². The Hall–Kier alpha value is -2.86. The number of likely N-dealkylation sites (tertiary alicyclic amines) is 1. The SMILES string of the molecule is NC(=O)NCc1ccc(C(=O)N2CCC(COCc3ccccc3)C2)cc1. The topological polar surface area (TPSA) is 84.7 Å². The number of benzene rings is 2. The van der Waals surface area contributed by atoms with Crippen LogP contribution in [0.2, 0.25) is 0 Å². The highest BCUT2D eigenvalue weighted by atomic mass is 16.5. The number of amides is 3. The fourth-order valence-electron chi connectivity index (χ4n) is 3.21. The predicted molar refractivity (Wildman–Crippen MR) is 103 cm³/mol. The van der Waals surface area contributed by atoms with Crippen molar-refractivity contribution in [3.63, 3.8) is 0 Å². The largest absolute Gasteiger partial charge is 0.376 e. The molecule has 2 aromatic carbocycles. The van der Waals surface area contributed by atoms with Crippen LogP contribution in [0.25, 0.3) is 0 Å². The van der Waals surface area contributed by atoms with Crippen LogP contribution in [-0.2, 0) is 17.9 Å². The van der Waals surface area contributed by atoms with Gasteiger partial charge >= 0.3 is 6.03 Å². The molecule has 3 N–H and O–H groups in total. The summed E-state index contributed by atoms with van der Waals surface area (Å²) >= 11 is 0. The monoisotopic (exact) mass is 367 g/mol. The molecule has 3 amide bonds. The smallest absolute Gasteiger partial charge is 0.312 e. The van der Waals surface area contributed by atoms with Crippen molar-refractivity contribution in [2.75, 3.05) is 19.7 Å². The number of urea groups is 1. The molecule has 3 rings (SSSR count). The zero-order valence-corrected chi connectivity index (χ0v) is 15.3. The Kier molecular flexibility index (Phi) is 6.44. The van der Waals surface area contributed by atoms with Crippen LogP contribution in [0.1, 0.15) is 27.9 Å². The number of nitrogens with one attached hydrogen (secondary N) is 1. The van der Waals surface area contributed by atoms with Gasteiger partial charge < -0.3 is 20.7 Å². The molecule has 6 nitrogen and oxygen atoms in total. The molecule has 1 atom stereocenters. The first-order chi connectivity index (χ1) is 13.1. The molecule has 1 heterocycles. The second kappa shape index (κ2) is 9.19. The van der Waals surface area contributed by atoms with Crippen LogP contribution in [0.3, 0.4) is 0 Å². The van der Waals surface area contributed by atoms with Crippen LogP contribution in [-0.4, -0.2) is 36.5 Å². The fourth-order valence-corrected chi connectivity index (χ4v) is 3.21. The van der Waals surface area contributed by atoms with Crippen molar-refractivity contribution in [2.45, 2.75) is 19.6 Å². The van der Waals surface area contributed by atoms with E-state index < -0.39 is 6.03 Å². The normalized spacial score (nSPS) is 16.3.